The van der Waals surface area contributed by atoms with Gasteiger partial charge in [-0.05, 0) is 70.5 Å². The van der Waals surface area contributed by atoms with Crippen molar-refractivity contribution in [3.05, 3.63) is 94.7 Å². The van der Waals surface area contributed by atoms with Gasteiger partial charge in [-0.3, -0.25) is 14.2 Å². The van der Waals surface area contributed by atoms with Gasteiger partial charge in [0.1, 0.15) is 40.6 Å². The topological polar surface area (TPSA) is 86.4 Å². The number of carbonyl (C=O) groups excluding carboxylic acids is 1. The number of aromatic nitrogens is 2. The van der Waals surface area contributed by atoms with E-state index in [1.807, 2.05) is 56.3 Å². The van der Waals surface area contributed by atoms with E-state index in [0.717, 1.165) is 32.1 Å². The number of para-hydroxylation sites is 1. The summed E-state index contributed by atoms with van der Waals surface area (Å²) in [7, 11) is 0. The third-order valence-corrected chi connectivity index (χ3v) is 6.41. The first-order valence-electron chi connectivity index (χ1n) is 12.7. The molecule has 5 aromatic rings. The lowest BCUT2D eigenvalue weighted by molar-refractivity contribution is -0.155. The van der Waals surface area contributed by atoms with Gasteiger partial charge in [0.25, 0.3) is 5.56 Å². The molecular weight excluding hydrogens is 497 g/mol. The Kier molecular flexibility index (Phi) is 6.50. The number of fused-ring (bicyclic) bond motifs is 3. The molecule has 0 aliphatic carbocycles. The second kappa shape index (κ2) is 9.69. The number of nitrogens with one attached hydrogen (secondary N) is 1. The van der Waals surface area contributed by atoms with Crippen LogP contribution in [0.25, 0.3) is 33.3 Å². The molecule has 0 fully saturated rings. The number of halogens is 1. The molecule has 0 spiro atoms. The van der Waals surface area contributed by atoms with Crippen LogP contribution in [0.5, 0.6) is 0 Å². The fraction of sp³-hybridized carbons (Fsp3) is 0.258. The molecule has 0 unspecified atom stereocenters. The summed E-state index contributed by atoms with van der Waals surface area (Å²) in [6.07, 6.45) is 1.38. The highest BCUT2D eigenvalue weighted by Crippen LogP contribution is 2.33. The molecule has 39 heavy (non-hydrogen) atoms. The van der Waals surface area contributed by atoms with Crippen molar-refractivity contribution in [2.75, 3.05) is 5.32 Å². The average molecular weight is 528 g/mol. The second-order valence-corrected chi connectivity index (χ2v) is 11.0. The molecule has 3 aromatic carbocycles. The highest BCUT2D eigenvalue weighted by Gasteiger charge is 2.26. The van der Waals surface area contributed by atoms with Gasteiger partial charge in [0.15, 0.2) is 0 Å². The Morgan fingerprint density at radius 3 is 2.41 bits per heavy atom. The van der Waals surface area contributed by atoms with E-state index in [-0.39, 0.29) is 17.1 Å². The van der Waals surface area contributed by atoms with Crippen molar-refractivity contribution in [2.24, 2.45) is 0 Å². The second-order valence-electron chi connectivity index (χ2n) is 11.0. The van der Waals surface area contributed by atoms with Crippen molar-refractivity contribution in [1.82, 2.24) is 9.55 Å². The Bertz CT molecular complexity index is 1760. The molecule has 0 saturated heterocycles. The third kappa shape index (κ3) is 5.27. The zero-order chi connectivity index (χ0) is 27.9. The average Bonchev–Trinajstić information content (AvgIpc) is 3.24. The maximum absolute atomic E-state index is 14.7. The number of rotatable bonds is 6. The van der Waals surface area contributed by atoms with Gasteiger partial charge in [-0.2, -0.15) is 0 Å². The highest BCUT2D eigenvalue weighted by molar-refractivity contribution is 6.05. The number of carbonyl (C=O) groups is 1. The van der Waals surface area contributed by atoms with Gasteiger partial charge in [-0.1, -0.05) is 36.4 Å². The van der Waals surface area contributed by atoms with E-state index in [0.29, 0.717) is 0 Å². The molecule has 8 heteroatoms. The Hall–Kier alpha value is -4.46. The number of hydrogen-bond acceptors (Lipinski definition) is 6. The molecule has 2 aromatic heterocycles. The van der Waals surface area contributed by atoms with Crippen molar-refractivity contribution in [3.8, 4) is 11.4 Å². The molecule has 1 N–H and O–H groups in total. The van der Waals surface area contributed by atoms with Crippen LogP contribution in [0, 0.1) is 5.82 Å². The SMILES string of the molecule is CC(C)(C)OC(=O)Cn1c(-c2ccccc2F)ncc(NC(C)(C)c2ccc3oc4ccccc4c3c2)c1=O. The Morgan fingerprint density at radius 2 is 1.67 bits per heavy atom. The lowest BCUT2D eigenvalue weighted by atomic mass is 9.92. The zero-order valence-corrected chi connectivity index (χ0v) is 22.5. The van der Waals surface area contributed by atoms with Gasteiger partial charge in [0.2, 0.25) is 0 Å². The summed E-state index contributed by atoms with van der Waals surface area (Å²) in [5, 5.41) is 5.26. The Balaban J connectivity index is 1.55. The molecule has 0 saturated carbocycles. The highest BCUT2D eigenvalue weighted by atomic mass is 19.1. The molecule has 0 radical (unpaired) electrons. The van der Waals surface area contributed by atoms with Crippen LogP contribution in [0.15, 0.2) is 82.1 Å². The number of nitrogens with zero attached hydrogens (tertiary/aromatic N) is 2. The molecule has 2 heterocycles. The van der Waals surface area contributed by atoms with E-state index < -0.39 is 35.0 Å². The molecular formula is C31H30FN3O4. The first-order chi connectivity index (χ1) is 18.4. The minimum atomic E-state index is -0.750. The predicted octanol–water partition coefficient (Wildman–Crippen LogP) is 6.64. The first kappa shape index (κ1) is 26.2. The zero-order valence-electron chi connectivity index (χ0n) is 22.5. The summed E-state index contributed by atoms with van der Waals surface area (Å²) in [5.74, 6) is -1.14. The Labute approximate surface area is 225 Å². The fourth-order valence-corrected chi connectivity index (χ4v) is 4.61. The fourth-order valence-electron chi connectivity index (χ4n) is 4.61. The monoisotopic (exact) mass is 527 g/mol. The Morgan fingerprint density at radius 1 is 0.974 bits per heavy atom. The standard InChI is InChI=1S/C31H30FN3O4/c1-30(2,3)39-27(36)18-35-28(21-11-6-8-12-23(21)32)33-17-24(29(35)37)34-31(4,5)19-14-15-26-22(16-19)20-10-7-9-13-25(20)38-26/h6-17,34H,18H2,1-5H3. The van der Waals surface area contributed by atoms with Crippen LogP contribution in [0.3, 0.4) is 0 Å². The normalized spacial score (nSPS) is 12.2. The molecule has 0 atom stereocenters. The van der Waals surface area contributed by atoms with Crippen molar-refractivity contribution in [2.45, 2.75) is 52.3 Å². The summed E-state index contributed by atoms with van der Waals surface area (Å²) in [6.45, 7) is 8.69. The van der Waals surface area contributed by atoms with Crippen LogP contribution in [-0.2, 0) is 21.6 Å². The minimum absolute atomic E-state index is 0.0404. The predicted molar refractivity (Wildman–Crippen MR) is 150 cm³/mol. The molecule has 0 amide bonds. The molecule has 0 aliphatic heterocycles. The van der Waals surface area contributed by atoms with Gasteiger partial charge in [0, 0.05) is 10.8 Å². The molecule has 0 bridgehead atoms. The first-order valence-corrected chi connectivity index (χ1v) is 12.7. The van der Waals surface area contributed by atoms with E-state index in [1.165, 1.54) is 18.3 Å². The quantitative estimate of drug-likeness (QED) is 0.249. The largest absolute Gasteiger partial charge is 0.459 e. The van der Waals surface area contributed by atoms with Crippen LogP contribution < -0.4 is 10.9 Å². The van der Waals surface area contributed by atoms with Gasteiger partial charge in [0.05, 0.1) is 17.3 Å². The minimum Gasteiger partial charge on any atom is -0.459 e. The lowest BCUT2D eigenvalue weighted by Gasteiger charge is -2.28. The van der Waals surface area contributed by atoms with E-state index in [4.69, 9.17) is 9.15 Å². The molecule has 5 rings (SSSR count). The summed E-state index contributed by atoms with van der Waals surface area (Å²) in [6, 6.07) is 19.7. The molecule has 200 valence electrons. The van der Waals surface area contributed by atoms with Crippen LogP contribution in [-0.4, -0.2) is 21.1 Å². The summed E-state index contributed by atoms with van der Waals surface area (Å²) >= 11 is 0. The number of esters is 1. The van der Waals surface area contributed by atoms with Gasteiger partial charge >= 0.3 is 5.97 Å². The summed E-state index contributed by atoms with van der Waals surface area (Å²) in [4.78, 5) is 30.9. The maximum Gasteiger partial charge on any atom is 0.326 e. The summed E-state index contributed by atoms with van der Waals surface area (Å²) < 4.78 is 27.3. The van der Waals surface area contributed by atoms with E-state index in [9.17, 15) is 14.0 Å². The van der Waals surface area contributed by atoms with Crippen LogP contribution >= 0.6 is 0 Å². The van der Waals surface area contributed by atoms with Crippen molar-refractivity contribution < 1.29 is 18.3 Å². The van der Waals surface area contributed by atoms with E-state index in [2.05, 4.69) is 10.3 Å². The molecule has 7 nitrogen and oxygen atoms in total. The van der Waals surface area contributed by atoms with Crippen LogP contribution in [0.1, 0.15) is 40.2 Å². The van der Waals surface area contributed by atoms with E-state index in [1.54, 1.807) is 32.9 Å². The summed E-state index contributed by atoms with van der Waals surface area (Å²) in [5.41, 5.74) is 0.785. The van der Waals surface area contributed by atoms with Crippen molar-refractivity contribution in [1.29, 1.82) is 0 Å². The van der Waals surface area contributed by atoms with Crippen LogP contribution in [0.4, 0.5) is 10.1 Å². The number of furan rings is 1. The van der Waals surface area contributed by atoms with Crippen molar-refractivity contribution >= 4 is 33.6 Å². The van der Waals surface area contributed by atoms with Gasteiger partial charge in [-0.25, -0.2) is 9.37 Å². The lowest BCUT2D eigenvalue weighted by Crippen LogP contribution is -2.36. The molecule has 0 aliphatic rings. The number of benzene rings is 3. The number of hydrogen-bond donors (Lipinski definition) is 1. The maximum atomic E-state index is 14.7. The van der Waals surface area contributed by atoms with Gasteiger partial charge < -0.3 is 14.5 Å². The van der Waals surface area contributed by atoms with Gasteiger partial charge in [-0.15, -0.1) is 0 Å². The number of anilines is 1. The van der Waals surface area contributed by atoms with Crippen molar-refractivity contribution in [3.63, 3.8) is 0 Å². The number of ether oxygens (including phenoxy) is 1. The third-order valence-electron chi connectivity index (χ3n) is 6.41. The van der Waals surface area contributed by atoms with E-state index >= 15 is 0 Å². The smallest absolute Gasteiger partial charge is 0.326 e. The van der Waals surface area contributed by atoms with Crippen LogP contribution in [0.2, 0.25) is 0 Å².